The van der Waals surface area contributed by atoms with Crippen LogP contribution < -0.4 is 5.32 Å². The molecular weight excluding hydrogens is 305 g/mol. The number of nitrogens with one attached hydrogen (secondary N) is 1. The second kappa shape index (κ2) is 4.67. The molecule has 2 aromatic heterocycles. The zero-order chi connectivity index (χ0) is 10.7. The van der Waals surface area contributed by atoms with Crippen LogP contribution in [0.5, 0.6) is 0 Å². The fourth-order valence-corrected chi connectivity index (χ4v) is 1.56. The Balaban J connectivity index is 2.23. The van der Waals surface area contributed by atoms with Crippen molar-refractivity contribution < 1.29 is 0 Å². The van der Waals surface area contributed by atoms with E-state index in [1.807, 2.05) is 13.2 Å². The van der Waals surface area contributed by atoms with Gasteiger partial charge in [0.25, 0.3) is 0 Å². The Morgan fingerprint density at radius 1 is 1.33 bits per heavy atom. The molecule has 0 saturated carbocycles. The smallest absolute Gasteiger partial charge is 0.250 e. The minimum absolute atomic E-state index is 0.595. The summed E-state index contributed by atoms with van der Waals surface area (Å²) in [4.78, 5) is 8.45. The van der Waals surface area contributed by atoms with E-state index in [1.54, 1.807) is 23.3 Å². The summed E-state index contributed by atoms with van der Waals surface area (Å²) in [7, 11) is 1.89. The Labute approximate surface area is 101 Å². The highest BCUT2D eigenvalue weighted by Crippen LogP contribution is 2.05. The molecule has 0 saturated heterocycles. The highest BCUT2D eigenvalue weighted by molar-refractivity contribution is 14.1. The van der Waals surface area contributed by atoms with E-state index >= 15 is 0 Å². The average molecular weight is 315 g/mol. The van der Waals surface area contributed by atoms with Gasteiger partial charge in [0.1, 0.15) is 0 Å². The number of rotatable bonds is 3. The minimum Gasteiger partial charge on any atom is -0.316 e. The summed E-state index contributed by atoms with van der Waals surface area (Å²) in [5.74, 6) is 0.595. The second-order valence-electron chi connectivity index (χ2n) is 3.02. The minimum atomic E-state index is 0.595. The molecule has 0 bridgehead atoms. The normalized spacial score (nSPS) is 10.5. The maximum absolute atomic E-state index is 4.23. The molecule has 2 heterocycles. The number of hydrogen-bond acceptors (Lipinski definition) is 4. The molecule has 15 heavy (non-hydrogen) atoms. The van der Waals surface area contributed by atoms with E-state index in [0.717, 1.165) is 15.7 Å². The molecular formula is C9H10IN5. The molecule has 1 N–H and O–H groups in total. The van der Waals surface area contributed by atoms with Gasteiger partial charge in [0, 0.05) is 30.7 Å². The third kappa shape index (κ3) is 2.51. The lowest BCUT2D eigenvalue weighted by atomic mass is 10.3. The molecule has 0 unspecified atom stereocenters. The Kier molecular flexibility index (Phi) is 3.27. The maximum atomic E-state index is 4.23. The molecule has 0 fully saturated rings. The quantitative estimate of drug-likeness (QED) is 0.858. The standard InChI is InChI=1S/C9H10IN5/c1-11-2-7-3-12-9(13-4-7)15-6-8(10)5-14-15/h3-6,11H,2H2,1H3. The molecule has 6 heteroatoms. The van der Waals surface area contributed by atoms with Crippen LogP contribution in [-0.2, 0) is 6.54 Å². The van der Waals surface area contributed by atoms with Gasteiger partial charge in [-0.25, -0.2) is 14.6 Å². The highest BCUT2D eigenvalue weighted by atomic mass is 127. The van der Waals surface area contributed by atoms with Gasteiger partial charge < -0.3 is 5.32 Å². The monoisotopic (exact) mass is 315 g/mol. The van der Waals surface area contributed by atoms with Crippen molar-refractivity contribution in [3.63, 3.8) is 0 Å². The maximum Gasteiger partial charge on any atom is 0.250 e. The van der Waals surface area contributed by atoms with Crippen molar-refractivity contribution in [3.05, 3.63) is 33.9 Å². The second-order valence-corrected chi connectivity index (χ2v) is 4.27. The molecule has 0 aliphatic rings. The first-order valence-electron chi connectivity index (χ1n) is 4.45. The number of hydrogen-bond donors (Lipinski definition) is 1. The summed E-state index contributed by atoms with van der Waals surface area (Å²) in [6, 6.07) is 0. The van der Waals surface area contributed by atoms with Crippen molar-refractivity contribution in [1.82, 2.24) is 25.1 Å². The van der Waals surface area contributed by atoms with Crippen LogP contribution in [0.2, 0.25) is 0 Å². The zero-order valence-corrected chi connectivity index (χ0v) is 10.3. The summed E-state index contributed by atoms with van der Waals surface area (Å²) in [6.45, 7) is 0.775. The van der Waals surface area contributed by atoms with Gasteiger partial charge in [-0.2, -0.15) is 5.10 Å². The lowest BCUT2D eigenvalue weighted by Gasteiger charge is -2.01. The third-order valence-electron chi connectivity index (χ3n) is 1.83. The molecule has 2 aromatic rings. The lowest BCUT2D eigenvalue weighted by molar-refractivity contribution is 0.775. The van der Waals surface area contributed by atoms with Gasteiger partial charge in [0.15, 0.2) is 0 Å². The van der Waals surface area contributed by atoms with Crippen molar-refractivity contribution in [2.24, 2.45) is 0 Å². The van der Waals surface area contributed by atoms with Crippen LogP contribution in [-0.4, -0.2) is 26.8 Å². The van der Waals surface area contributed by atoms with Crippen molar-refractivity contribution in [2.75, 3.05) is 7.05 Å². The van der Waals surface area contributed by atoms with Crippen LogP contribution in [0.1, 0.15) is 5.56 Å². The van der Waals surface area contributed by atoms with Crippen molar-refractivity contribution in [3.8, 4) is 5.95 Å². The van der Waals surface area contributed by atoms with Crippen LogP contribution in [0.4, 0.5) is 0 Å². The van der Waals surface area contributed by atoms with Crippen LogP contribution in [0.3, 0.4) is 0 Å². The van der Waals surface area contributed by atoms with E-state index in [1.165, 1.54) is 0 Å². The molecule has 78 valence electrons. The number of halogens is 1. The predicted molar refractivity (Wildman–Crippen MR) is 64.6 cm³/mol. The lowest BCUT2D eigenvalue weighted by Crippen LogP contribution is -2.07. The molecule has 0 atom stereocenters. The fraction of sp³-hybridized carbons (Fsp3) is 0.222. The Bertz CT molecular complexity index is 436. The average Bonchev–Trinajstić information content (AvgIpc) is 2.67. The van der Waals surface area contributed by atoms with E-state index < -0.39 is 0 Å². The molecule has 5 nitrogen and oxygen atoms in total. The van der Waals surface area contributed by atoms with Crippen molar-refractivity contribution in [2.45, 2.75) is 6.54 Å². The van der Waals surface area contributed by atoms with Gasteiger partial charge in [-0.15, -0.1) is 0 Å². The van der Waals surface area contributed by atoms with E-state index in [0.29, 0.717) is 5.95 Å². The molecule has 2 rings (SSSR count). The van der Waals surface area contributed by atoms with Crippen LogP contribution >= 0.6 is 22.6 Å². The van der Waals surface area contributed by atoms with Gasteiger partial charge in [-0.3, -0.25) is 0 Å². The van der Waals surface area contributed by atoms with Crippen molar-refractivity contribution in [1.29, 1.82) is 0 Å². The summed E-state index contributed by atoms with van der Waals surface area (Å²) < 4.78 is 2.72. The first-order valence-corrected chi connectivity index (χ1v) is 5.53. The summed E-state index contributed by atoms with van der Waals surface area (Å²) >= 11 is 2.20. The molecule has 0 spiro atoms. The van der Waals surface area contributed by atoms with Crippen LogP contribution in [0.15, 0.2) is 24.8 Å². The van der Waals surface area contributed by atoms with E-state index in [4.69, 9.17) is 0 Å². The van der Waals surface area contributed by atoms with E-state index in [2.05, 4.69) is 43.0 Å². The summed E-state index contributed by atoms with van der Waals surface area (Å²) in [6.07, 6.45) is 7.25. The third-order valence-corrected chi connectivity index (χ3v) is 2.39. The van der Waals surface area contributed by atoms with Gasteiger partial charge in [-0.1, -0.05) is 0 Å². The topological polar surface area (TPSA) is 55.6 Å². The van der Waals surface area contributed by atoms with Crippen LogP contribution in [0.25, 0.3) is 5.95 Å². The first kappa shape index (κ1) is 10.5. The molecule has 0 aliphatic carbocycles. The first-order chi connectivity index (χ1) is 7.29. The number of nitrogens with zero attached hydrogens (tertiary/aromatic N) is 4. The highest BCUT2D eigenvalue weighted by Gasteiger charge is 2.01. The fourth-order valence-electron chi connectivity index (χ4n) is 1.17. The zero-order valence-electron chi connectivity index (χ0n) is 8.18. The van der Waals surface area contributed by atoms with Gasteiger partial charge >= 0.3 is 0 Å². The molecule has 0 aromatic carbocycles. The van der Waals surface area contributed by atoms with E-state index in [-0.39, 0.29) is 0 Å². The predicted octanol–water partition coefficient (Wildman–Crippen LogP) is 0.986. The van der Waals surface area contributed by atoms with Gasteiger partial charge in [0.2, 0.25) is 5.95 Å². The Morgan fingerprint density at radius 3 is 2.60 bits per heavy atom. The summed E-state index contributed by atoms with van der Waals surface area (Å²) in [5, 5.41) is 7.17. The largest absolute Gasteiger partial charge is 0.316 e. The molecule has 0 aliphatic heterocycles. The SMILES string of the molecule is CNCc1cnc(-n2cc(I)cn2)nc1. The summed E-state index contributed by atoms with van der Waals surface area (Å²) in [5.41, 5.74) is 1.06. The van der Waals surface area contributed by atoms with Gasteiger partial charge in [-0.05, 0) is 29.6 Å². The molecule has 0 radical (unpaired) electrons. The Morgan fingerprint density at radius 2 is 2.07 bits per heavy atom. The molecule has 0 amide bonds. The van der Waals surface area contributed by atoms with E-state index in [9.17, 15) is 0 Å². The van der Waals surface area contributed by atoms with Crippen LogP contribution in [0, 0.1) is 3.57 Å². The number of aromatic nitrogens is 4. The Hall–Kier alpha value is -1.02. The van der Waals surface area contributed by atoms with Crippen molar-refractivity contribution >= 4 is 22.6 Å². The van der Waals surface area contributed by atoms with Gasteiger partial charge in [0.05, 0.1) is 9.77 Å².